The summed E-state index contributed by atoms with van der Waals surface area (Å²) < 4.78 is 0. The molecule has 1 aromatic heterocycles. The Bertz CT molecular complexity index is 876. The molecule has 4 nitrogen and oxygen atoms in total. The van der Waals surface area contributed by atoms with E-state index in [0.29, 0.717) is 5.11 Å². The van der Waals surface area contributed by atoms with Gasteiger partial charge in [-0.05, 0) is 67.5 Å². The molecule has 0 amide bonds. The molecule has 0 spiro atoms. The molecule has 0 aliphatic carbocycles. The van der Waals surface area contributed by atoms with E-state index in [4.69, 9.17) is 12.2 Å². The number of fused-ring (bicyclic) bond motifs is 1. The third-order valence-corrected chi connectivity index (χ3v) is 4.31. The maximum absolute atomic E-state index is 5.52. The third-order valence-electron chi connectivity index (χ3n) is 3.94. The minimum Gasteiger partial charge on any atom is -0.332 e. The molecule has 0 unspecified atom stereocenters. The Hall–Kier alpha value is -2.53. The molecule has 0 aliphatic rings. The second-order valence-corrected chi connectivity index (χ2v) is 5.94. The summed E-state index contributed by atoms with van der Waals surface area (Å²) in [6, 6.07) is 12.2. The average molecular weight is 322 g/mol. The van der Waals surface area contributed by atoms with Gasteiger partial charge < -0.3 is 10.2 Å². The van der Waals surface area contributed by atoms with Crippen molar-refractivity contribution >= 4 is 39.6 Å². The highest BCUT2D eigenvalue weighted by molar-refractivity contribution is 7.80. The van der Waals surface area contributed by atoms with Crippen molar-refractivity contribution in [3.63, 3.8) is 0 Å². The topological polar surface area (TPSA) is 41.0 Å². The molecular weight excluding hydrogens is 304 g/mol. The van der Waals surface area contributed by atoms with Gasteiger partial charge in [0.2, 0.25) is 0 Å². The largest absolute Gasteiger partial charge is 0.332 e. The highest BCUT2D eigenvalue weighted by atomic mass is 32.1. The predicted molar refractivity (Wildman–Crippen MR) is 100 cm³/mol. The number of anilines is 2. The number of thiocarbonyl (C=S) groups is 1. The first-order valence-electron chi connectivity index (χ1n) is 7.36. The van der Waals surface area contributed by atoms with Crippen molar-refractivity contribution in [3.05, 3.63) is 60.0 Å². The third kappa shape index (κ3) is 3.29. The van der Waals surface area contributed by atoms with Crippen molar-refractivity contribution in [1.82, 2.24) is 9.97 Å². The summed E-state index contributed by atoms with van der Waals surface area (Å²) in [5.74, 6) is 0. The number of hydrogen-bond donors (Lipinski definition) is 1. The summed E-state index contributed by atoms with van der Waals surface area (Å²) in [7, 11) is 1.96. The van der Waals surface area contributed by atoms with Crippen LogP contribution >= 0.6 is 12.2 Å². The molecule has 0 saturated carbocycles. The van der Waals surface area contributed by atoms with Crippen LogP contribution in [0.1, 0.15) is 11.1 Å². The molecule has 5 heteroatoms. The van der Waals surface area contributed by atoms with E-state index in [0.717, 1.165) is 22.3 Å². The number of hydrogen-bond acceptors (Lipinski definition) is 3. The van der Waals surface area contributed by atoms with E-state index in [1.807, 2.05) is 30.1 Å². The van der Waals surface area contributed by atoms with Gasteiger partial charge in [-0.15, -0.1) is 0 Å². The fourth-order valence-electron chi connectivity index (χ4n) is 2.32. The van der Waals surface area contributed by atoms with Gasteiger partial charge in [0.05, 0.1) is 5.52 Å². The molecule has 0 fully saturated rings. The maximum atomic E-state index is 5.52. The zero-order valence-corrected chi connectivity index (χ0v) is 14.2. The van der Waals surface area contributed by atoms with Crippen LogP contribution < -0.4 is 10.2 Å². The lowest BCUT2D eigenvalue weighted by molar-refractivity contribution is 1.22. The quantitative estimate of drug-likeness (QED) is 0.720. The normalized spacial score (nSPS) is 10.6. The Morgan fingerprint density at radius 2 is 1.91 bits per heavy atom. The molecule has 0 atom stereocenters. The lowest BCUT2D eigenvalue weighted by Crippen LogP contribution is -2.30. The maximum Gasteiger partial charge on any atom is 0.177 e. The second kappa shape index (κ2) is 6.30. The SMILES string of the molecule is Cc1ccc(N(C)C(=S)Nc2ccc3ncncc3c2)cc1C. The Labute approximate surface area is 141 Å². The molecule has 0 aliphatic heterocycles. The summed E-state index contributed by atoms with van der Waals surface area (Å²) >= 11 is 5.52. The highest BCUT2D eigenvalue weighted by Gasteiger charge is 2.08. The van der Waals surface area contributed by atoms with Gasteiger partial charge in [0.1, 0.15) is 6.33 Å². The fraction of sp³-hybridized carbons (Fsp3) is 0.167. The van der Waals surface area contributed by atoms with Gasteiger partial charge in [0.25, 0.3) is 0 Å². The molecule has 0 bridgehead atoms. The number of rotatable bonds is 2. The van der Waals surface area contributed by atoms with E-state index >= 15 is 0 Å². The van der Waals surface area contributed by atoms with Gasteiger partial charge in [0, 0.05) is 30.0 Å². The van der Waals surface area contributed by atoms with E-state index in [9.17, 15) is 0 Å². The molecule has 0 saturated heterocycles. The van der Waals surface area contributed by atoms with Crippen LogP contribution in [0.2, 0.25) is 0 Å². The van der Waals surface area contributed by atoms with Crippen molar-refractivity contribution in [3.8, 4) is 0 Å². The molecule has 23 heavy (non-hydrogen) atoms. The summed E-state index contributed by atoms with van der Waals surface area (Å²) in [6.45, 7) is 4.21. The molecular formula is C18H18N4S. The lowest BCUT2D eigenvalue weighted by atomic mass is 10.1. The van der Waals surface area contributed by atoms with Gasteiger partial charge in [-0.2, -0.15) is 0 Å². The van der Waals surface area contributed by atoms with Crippen LogP contribution in [-0.2, 0) is 0 Å². The number of aryl methyl sites for hydroxylation is 2. The van der Waals surface area contributed by atoms with Crippen molar-refractivity contribution in [1.29, 1.82) is 0 Å². The van der Waals surface area contributed by atoms with E-state index in [1.54, 1.807) is 12.5 Å². The Kier molecular flexibility index (Phi) is 4.21. The second-order valence-electron chi connectivity index (χ2n) is 5.55. The van der Waals surface area contributed by atoms with Crippen LogP contribution in [0.15, 0.2) is 48.9 Å². The molecule has 2 aromatic carbocycles. The van der Waals surface area contributed by atoms with Crippen molar-refractivity contribution in [2.24, 2.45) is 0 Å². The van der Waals surface area contributed by atoms with Crippen LogP contribution in [-0.4, -0.2) is 22.1 Å². The van der Waals surface area contributed by atoms with Gasteiger partial charge in [-0.25, -0.2) is 9.97 Å². The molecule has 3 aromatic rings. The van der Waals surface area contributed by atoms with Gasteiger partial charge in [-0.1, -0.05) is 6.07 Å². The van der Waals surface area contributed by atoms with Crippen LogP contribution in [0.25, 0.3) is 10.9 Å². The standard InChI is InChI=1S/C18H18N4S/c1-12-4-6-16(8-13(12)2)22(3)18(23)21-15-5-7-17-14(9-15)10-19-11-20-17/h4-11H,1-3H3,(H,21,23). The van der Waals surface area contributed by atoms with Crippen LogP contribution in [0.3, 0.4) is 0 Å². The lowest BCUT2D eigenvalue weighted by Gasteiger charge is -2.22. The first-order valence-corrected chi connectivity index (χ1v) is 7.77. The molecule has 1 N–H and O–H groups in total. The number of nitrogens with zero attached hydrogens (tertiary/aromatic N) is 3. The average Bonchev–Trinajstić information content (AvgIpc) is 2.56. The van der Waals surface area contributed by atoms with E-state index in [1.165, 1.54) is 11.1 Å². The molecule has 116 valence electrons. The minimum atomic E-state index is 0.643. The first-order chi connectivity index (χ1) is 11.0. The zero-order valence-electron chi connectivity index (χ0n) is 13.4. The van der Waals surface area contributed by atoms with Crippen LogP contribution in [0, 0.1) is 13.8 Å². The smallest absolute Gasteiger partial charge is 0.177 e. The predicted octanol–water partition coefficient (Wildman–Crippen LogP) is 4.08. The molecule has 0 radical (unpaired) electrons. The van der Waals surface area contributed by atoms with E-state index in [-0.39, 0.29) is 0 Å². The van der Waals surface area contributed by atoms with Gasteiger partial charge in [-0.3, -0.25) is 0 Å². The zero-order chi connectivity index (χ0) is 16.4. The molecule has 1 heterocycles. The number of aromatic nitrogens is 2. The Morgan fingerprint density at radius 1 is 1.09 bits per heavy atom. The molecule has 3 rings (SSSR count). The van der Waals surface area contributed by atoms with Crippen LogP contribution in [0.4, 0.5) is 11.4 Å². The van der Waals surface area contributed by atoms with Crippen molar-refractivity contribution in [2.75, 3.05) is 17.3 Å². The summed E-state index contributed by atoms with van der Waals surface area (Å²) in [5, 5.41) is 4.89. The van der Waals surface area contributed by atoms with E-state index < -0.39 is 0 Å². The first kappa shape index (κ1) is 15.4. The van der Waals surface area contributed by atoms with E-state index in [2.05, 4.69) is 47.3 Å². The summed E-state index contributed by atoms with van der Waals surface area (Å²) in [6.07, 6.45) is 3.34. The Balaban J connectivity index is 1.80. The van der Waals surface area contributed by atoms with Crippen LogP contribution in [0.5, 0.6) is 0 Å². The highest BCUT2D eigenvalue weighted by Crippen LogP contribution is 2.20. The van der Waals surface area contributed by atoms with Gasteiger partial charge in [0.15, 0.2) is 5.11 Å². The fourth-order valence-corrected chi connectivity index (χ4v) is 2.54. The Morgan fingerprint density at radius 3 is 2.70 bits per heavy atom. The monoisotopic (exact) mass is 322 g/mol. The summed E-state index contributed by atoms with van der Waals surface area (Å²) in [4.78, 5) is 10.2. The van der Waals surface area contributed by atoms with Gasteiger partial charge >= 0.3 is 0 Å². The van der Waals surface area contributed by atoms with Crippen molar-refractivity contribution < 1.29 is 0 Å². The van der Waals surface area contributed by atoms with Crippen molar-refractivity contribution in [2.45, 2.75) is 13.8 Å². The minimum absolute atomic E-state index is 0.643. The number of nitrogens with one attached hydrogen (secondary N) is 1. The summed E-state index contributed by atoms with van der Waals surface area (Å²) in [5.41, 5.74) is 5.43. The number of benzene rings is 2.